The maximum Gasteiger partial charge on any atom is 0.315 e. The summed E-state index contributed by atoms with van der Waals surface area (Å²) in [6.45, 7) is 1.70. The first-order chi connectivity index (χ1) is 8.05. The van der Waals surface area contributed by atoms with E-state index >= 15 is 0 Å². The van der Waals surface area contributed by atoms with E-state index in [0.29, 0.717) is 0 Å². The van der Waals surface area contributed by atoms with Crippen molar-refractivity contribution in [2.75, 3.05) is 0 Å². The van der Waals surface area contributed by atoms with Gasteiger partial charge in [-0.05, 0) is 12.1 Å². The van der Waals surface area contributed by atoms with Crippen LogP contribution in [0, 0.1) is 22.5 Å². The molecule has 0 radical (unpaired) electrons. The van der Waals surface area contributed by atoms with Gasteiger partial charge in [-0.1, -0.05) is 12.1 Å². The second kappa shape index (κ2) is 3.64. The third kappa shape index (κ3) is 1.40. The van der Waals surface area contributed by atoms with Gasteiger partial charge in [0.25, 0.3) is 0 Å². The average Bonchev–Trinajstić information content (AvgIpc) is 2.62. The number of fused-ring (bicyclic) bond motifs is 1. The monoisotopic (exact) mass is 224 g/mol. The van der Waals surface area contributed by atoms with E-state index < -0.39 is 6.15 Å². The summed E-state index contributed by atoms with van der Waals surface area (Å²) in [6, 6.07) is 7.89. The van der Waals surface area contributed by atoms with Crippen molar-refractivity contribution < 1.29 is 4.57 Å². The number of aryl methyl sites for hydroxylation is 2. The molecule has 0 amide bonds. The van der Waals surface area contributed by atoms with Crippen molar-refractivity contribution >= 4 is 22.9 Å². The van der Waals surface area contributed by atoms with Crippen LogP contribution in [0.3, 0.4) is 0 Å². The number of aromatic nitrogens is 2. The summed E-state index contributed by atoms with van der Waals surface area (Å²) < 4.78 is 3.86. The third-order valence-corrected chi connectivity index (χ3v) is 3.32. The van der Waals surface area contributed by atoms with E-state index in [4.69, 9.17) is 0 Å². The Kier molecular flexibility index (Phi) is 2.40. The number of imidazole rings is 1. The molecule has 0 unspecified atom stereocenters. The van der Waals surface area contributed by atoms with Crippen LogP contribution in [0.2, 0.25) is 6.82 Å². The van der Waals surface area contributed by atoms with Crippen LogP contribution in [0.1, 0.15) is 0 Å². The predicted octanol–water partition coefficient (Wildman–Crippen LogP) is 0.414. The van der Waals surface area contributed by atoms with Gasteiger partial charge in [0.15, 0.2) is 11.0 Å². The molecule has 0 N–H and O–H groups in total. The second-order valence-corrected chi connectivity index (χ2v) is 4.52. The lowest BCUT2D eigenvalue weighted by Crippen LogP contribution is -2.62. The van der Waals surface area contributed by atoms with Gasteiger partial charge in [-0.2, -0.15) is 6.82 Å². The molecule has 0 aliphatic carbocycles. The Hall–Kier alpha value is -2.27. The average molecular weight is 224 g/mol. The first-order valence-corrected chi connectivity index (χ1v) is 5.51. The van der Waals surface area contributed by atoms with E-state index in [1.54, 1.807) is 6.82 Å². The lowest BCUT2D eigenvalue weighted by atomic mass is 9.28. The zero-order valence-corrected chi connectivity index (χ0v) is 10.2. The molecule has 1 aromatic carbocycles. The first kappa shape index (κ1) is 11.2. The third-order valence-electron chi connectivity index (χ3n) is 3.32. The number of hydrogen-bond donors (Lipinski definition) is 0. The molecular formula is C12H13BN4. The molecule has 84 valence electrons. The van der Waals surface area contributed by atoms with Gasteiger partial charge in [0, 0.05) is 0 Å². The van der Waals surface area contributed by atoms with Crippen molar-refractivity contribution in [3.05, 3.63) is 24.3 Å². The fourth-order valence-corrected chi connectivity index (χ4v) is 2.42. The number of benzene rings is 1. The fraction of sp³-hybridized carbons (Fsp3) is 0.250. The number of para-hydroxylation sites is 2. The summed E-state index contributed by atoms with van der Waals surface area (Å²) >= 11 is 0. The first-order valence-electron chi connectivity index (χ1n) is 5.51. The lowest BCUT2D eigenvalue weighted by Gasteiger charge is -2.15. The van der Waals surface area contributed by atoms with Gasteiger partial charge < -0.3 is 0 Å². The van der Waals surface area contributed by atoms with E-state index in [2.05, 4.69) is 11.9 Å². The van der Waals surface area contributed by atoms with Crippen molar-refractivity contribution in [1.82, 2.24) is 4.57 Å². The van der Waals surface area contributed by atoms with Gasteiger partial charge in [-0.15, -0.1) is 11.9 Å². The van der Waals surface area contributed by atoms with E-state index in [9.17, 15) is 10.5 Å². The van der Waals surface area contributed by atoms with E-state index in [0.717, 1.165) is 16.8 Å². The maximum atomic E-state index is 9.24. The molecule has 0 saturated heterocycles. The van der Waals surface area contributed by atoms with Crippen LogP contribution in [-0.2, 0) is 14.1 Å². The van der Waals surface area contributed by atoms with Crippen molar-refractivity contribution in [2.24, 2.45) is 14.1 Å². The summed E-state index contributed by atoms with van der Waals surface area (Å²) in [6.07, 6.45) is -1.84. The van der Waals surface area contributed by atoms with E-state index in [-0.39, 0.29) is 0 Å². The topological polar surface area (TPSA) is 56.4 Å². The highest BCUT2D eigenvalue weighted by molar-refractivity contribution is 7.01. The molecular weight excluding hydrogens is 211 g/mol. The molecule has 2 rings (SSSR count). The number of nitriles is 2. The van der Waals surface area contributed by atoms with Crippen LogP contribution in [0.15, 0.2) is 24.3 Å². The van der Waals surface area contributed by atoms with Gasteiger partial charge in [0.1, 0.15) is 5.72 Å². The SMILES string of the molecule is Cn1c([B-](C)(C#N)C#N)[n+](C)c2ccccc21. The summed E-state index contributed by atoms with van der Waals surface area (Å²) in [4.78, 5) is 0. The Morgan fingerprint density at radius 2 is 1.82 bits per heavy atom. The molecule has 0 aliphatic heterocycles. The van der Waals surface area contributed by atoms with Gasteiger partial charge in [-0.3, -0.25) is 9.13 Å². The molecule has 0 spiro atoms. The molecule has 5 heteroatoms. The Balaban J connectivity index is 2.90. The zero-order chi connectivity index (χ0) is 12.6. The molecule has 17 heavy (non-hydrogen) atoms. The minimum atomic E-state index is -1.84. The molecule has 1 aromatic heterocycles. The highest BCUT2D eigenvalue weighted by atomic mass is 15.1. The normalized spacial score (nSPS) is 11.1. The molecule has 0 bridgehead atoms. The summed E-state index contributed by atoms with van der Waals surface area (Å²) in [5.41, 5.74) is 2.82. The Morgan fingerprint density at radius 1 is 1.24 bits per heavy atom. The molecule has 4 nitrogen and oxygen atoms in total. The number of hydrogen-bond acceptors (Lipinski definition) is 2. The van der Waals surface area contributed by atoms with Crippen LogP contribution in [0.5, 0.6) is 0 Å². The van der Waals surface area contributed by atoms with Gasteiger partial charge in [0.05, 0.1) is 14.1 Å². The Morgan fingerprint density at radius 3 is 2.35 bits per heavy atom. The summed E-state index contributed by atoms with van der Waals surface area (Å²) in [5, 5.41) is 18.5. The summed E-state index contributed by atoms with van der Waals surface area (Å²) in [5.74, 6) is 4.29. The van der Waals surface area contributed by atoms with Crippen molar-refractivity contribution in [3.63, 3.8) is 0 Å². The largest absolute Gasteiger partial charge is 0.315 e. The van der Waals surface area contributed by atoms with Gasteiger partial charge in [-0.25, -0.2) is 10.5 Å². The van der Waals surface area contributed by atoms with Crippen LogP contribution in [0.4, 0.5) is 0 Å². The second-order valence-electron chi connectivity index (χ2n) is 4.52. The predicted molar refractivity (Wildman–Crippen MR) is 66.6 cm³/mol. The van der Waals surface area contributed by atoms with Crippen molar-refractivity contribution in [3.8, 4) is 11.9 Å². The Labute approximate surface area is 100 Å². The zero-order valence-electron chi connectivity index (χ0n) is 10.2. The Bertz CT molecular complexity index is 619. The van der Waals surface area contributed by atoms with E-state index in [1.165, 1.54) is 0 Å². The number of nitrogens with zero attached hydrogens (tertiary/aromatic N) is 4. The quantitative estimate of drug-likeness (QED) is 0.520. The molecule has 2 aromatic rings. The van der Waals surface area contributed by atoms with Crippen LogP contribution >= 0.6 is 0 Å². The highest BCUT2D eigenvalue weighted by Gasteiger charge is 2.34. The highest BCUT2D eigenvalue weighted by Crippen LogP contribution is 2.10. The number of rotatable bonds is 1. The minimum Gasteiger partial charge on any atom is -0.264 e. The van der Waals surface area contributed by atoms with E-state index in [1.807, 2.05) is 47.5 Å². The van der Waals surface area contributed by atoms with Crippen LogP contribution in [-0.4, -0.2) is 10.7 Å². The maximum absolute atomic E-state index is 9.24. The molecule has 0 saturated carbocycles. The van der Waals surface area contributed by atoms with Crippen molar-refractivity contribution in [2.45, 2.75) is 6.82 Å². The molecule has 0 fully saturated rings. The molecule has 0 atom stereocenters. The standard InChI is InChI=1S/C12H13BN4/c1-13(8-14,9-15)12-16(2)10-6-4-5-7-11(10)17(12)3/h4-7H,1-3H3. The fourth-order valence-electron chi connectivity index (χ4n) is 2.42. The molecule has 0 aliphatic rings. The summed E-state index contributed by atoms with van der Waals surface area (Å²) in [7, 11) is 3.79. The van der Waals surface area contributed by atoms with Crippen LogP contribution < -0.4 is 10.3 Å². The van der Waals surface area contributed by atoms with Gasteiger partial charge >= 0.3 is 6.15 Å². The minimum absolute atomic E-state index is 0.760. The van der Waals surface area contributed by atoms with Crippen molar-refractivity contribution in [1.29, 1.82) is 10.5 Å². The molecule has 1 heterocycles. The van der Waals surface area contributed by atoms with Gasteiger partial charge in [0.2, 0.25) is 0 Å². The smallest absolute Gasteiger partial charge is 0.264 e. The van der Waals surface area contributed by atoms with Crippen LogP contribution in [0.25, 0.3) is 11.0 Å². The lowest BCUT2D eigenvalue weighted by molar-refractivity contribution is -0.627.